The molecule has 1 aromatic heterocycles. The number of nitrogens with zero attached hydrogens (tertiary/aromatic N) is 1. The minimum Gasteiger partial charge on any atom is -0.462 e. The van der Waals surface area contributed by atoms with Crippen molar-refractivity contribution in [2.24, 2.45) is 0 Å². The second-order valence-corrected chi connectivity index (χ2v) is 2.41. The number of ether oxygens (including phenoxy) is 1. The van der Waals surface area contributed by atoms with E-state index in [9.17, 15) is 4.79 Å². The van der Waals surface area contributed by atoms with E-state index in [1.807, 2.05) is 0 Å². The van der Waals surface area contributed by atoms with Crippen molar-refractivity contribution in [1.29, 1.82) is 0 Å². The molecule has 70 valence electrons. The van der Waals surface area contributed by atoms with Gasteiger partial charge in [-0.1, -0.05) is 0 Å². The van der Waals surface area contributed by atoms with E-state index in [4.69, 9.17) is 9.84 Å². The number of esters is 1. The third-order valence-electron chi connectivity index (χ3n) is 1.57. The summed E-state index contributed by atoms with van der Waals surface area (Å²) in [5.41, 5.74) is 0.861. The molecule has 0 saturated carbocycles. The lowest BCUT2D eigenvalue weighted by molar-refractivity contribution is 0.0522. The maximum Gasteiger partial charge on any atom is 0.338 e. The van der Waals surface area contributed by atoms with E-state index >= 15 is 0 Å². The van der Waals surface area contributed by atoms with Crippen molar-refractivity contribution in [3.05, 3.63) is 29.6 Å². The van der Waals surface area contributed by atoms with Crippen LogP contribution in [0.1, 0.15) is 22.8 Å². The first-order valence-corrected chi connectivity index (χ1v) is 4.00. The van der Waals surface area contributed by atoms with Gasteiger partial charge in [0.15, 0.2) is 0 Å². The van der Waals surface area contributed by atoms with Gasteiger partial charge in [0.25, 0.3) is 0 Å². The van der Waals surface area contributed by atoms with Crippen LogP contribution in [0.15, 0.2) is 18.5 Å². The fourth-order valence-electron chi connectivity index (χ4n) is 0.961. The lowest BCUT2D eigenvalue weighted by Crippen LogP contribution is -2.08. The summed E-state index contributed by atoms with van der Waals surface area (Å²) in [6.07, 6.45) is 2.94. The number of hydrogen-bond donors (Lipinski definition) is 1. The van der Waals surface area contributed by atoms with E-state index in [0.29, 0.717) is 17.7 Å². The number of aliphatic hydroxyl groups is 1. The van der Waals surface area contributed by atoms with Crippen LogP contribution >= 0.6 is 0 Å². The Balaban J connectivity index is 2.92. The van der Waals surface area contributed by atoms with Crippen molar-refractivity contribution in [3.8, 4) is 0 Å². The van der Waals surface area contributed by atoms with Crippen LogP contribution in [0.5, 0.6) is 0 Å². The molecule has 1 rings (SSSR count). The van der Waals surface area contributed by atoms with Crippen molar-refractivity contribution in [3.63, 3.8) is 0 Å². The number of pyridine rings is 1. The molecule has 0 unspecified atom stereocenters. The van der Waals surface area contributed by atoms with E-state index in [1.54, 1.807) is 6.92 Å². The van der Waals surface area contributed by atoms with Crippen molar-refractivity contribution < 1.29 is 14.6 Å². The fourth-order valence-corrected chi connectivity index (χ4v) is 0.961. The molecule has 13 heavy (non-hydrogen) atoms. The molecule has 0 fully saturated rings. The summed E-state index contributed by atoms with van der Waals surface area (Å²) in [5, 5.41) is 8.89. The molecule has 4 nitrogen and oxygen atoms in total. The van der Waals surface area contributed by atoms with Gasteiger partial charge in [-0.05, 0) is 13.0 Å². The summed E-state index contributed by atoms with van der Waals surface area (Å²) >= 11 is 0. The number of carbonyl (C=O) groups excluding carboxylic acids is 1. The molecule has 0 spiro atoms. The standard InChI is InChI=1S/C9H11NO3/c1-2-13-9(12)8-3-4-10-5-7(8)6-11/h3-5,11H,2,6H2,1H3. The zero-order valence-corrected chi connectivity index (χ0v) is 7.36. The molecule has 1 aromatic rings. The monoisotopic (exact) mass is 181 g/mol. The van der Waals surface area contributed by atoms with Gasteiger partial charge in [-0.2, -0.15) is 0 Å². The van der Waals surface area contributed by atoms with E-state index in [0.717, 1.165) is 0 Å². The molecule has 1 heterocycles. The molecule has 0 radical (unpaired) electrons. The Hall–Kier alpha value is -1.42. The van der Waals surface area contributed by atoms with Gasteiger partial charge in [0.1, 0.15) is 0 Å². The van der Waals surface area contributed by atoms with Crippen molar-refractivity contribution in [1.82, 2.24) is 4.98 Å². The van der Waals surface area contributed by atoms with Crippen LogP contribution in [0.3, 0.4) is 0 Å². The summed E-state index contributed by atoms with van der Waals surface area (Å²) < 4.78 is 4.79. The molecule has 0 aliphatic carbocycles. The maximum absolute atomic E-state index is 11.3. The van der Waals surface area contributed by atoms with Gasteiger partial charge in [-0.25, -0.2) is 4.79 Å². The van der Waals surface area contributed by atoms with E-state index in [1.165, 1.54) is 18.5 Å². The molecular weight excluding hydrogens is 170 g/mol. The Morgan fingerprint density at radius 2 is 2.46 bits per heavy atom. The average Bonchev–Trinajstić information content (AvgIpc) is 2.18. The van der Waals surface area contributed by atoms with Gasteiger partial charge in [-0.15, -0.1) is 0 Å². The van der Waals surface area contributed by atoms with Crippen molar-refractivity contribution in [2.75, 3.05) is 6.61 Å². The smallest absolute Gasteiger partial charge is 0.338 e. The second-order valence-electron chi connectivity index (χ2n) is 2.41. The molecule has 0 amide bonds. The zero-order chi connectivity index (χ0) is 9.68. The minimum absolute atomic E-state index is 0.206. The molecule has 0 aliphatic heterocycles. The molecular formula is C9H11NO3. The summed E-state index contributed by atoms with van der Waals surface area (Å²) in [6, 6.07) is 1.53. The Morgan fingerprint density at radius 1 is 1.69 bits per heavy atom. The number of aliphatic hydroxyl groups excluding tert-OH is 1. The number of rotatable bonds is 3. The molecule has 0 atom stereocenters. The van der Waals surface area contributed by atoms with Gasteiger partial charge in [0, 0.05) is 18.0 Å². The van der Waals surface area contributed by atoms with E-state index < -0.39 is 5.97 Å². The third kappa shape index (κ3) is 2.26. The van der Waals surface area contributed by atoms with E-state index in [2.05, 4.69) is 4.98 Å². The summed E-state index contributed by atoms with van der Waals surface area (Å²) in [5.74, 6) is -0.422. The van der Waals surface area contributed by atoms with Crippen LogP contribution in [0.25, 0.3) is 0 Å². The van der Waals surface area contributed by atoms with Crippen LogP contribution in [-0.2, 0) is 11.3 Å². The zero-order valence-electron chi connectivity index (χ0n) is 7.36. The normalized spacial score (nSPS) is 9.69. The van der Waals surface area contributed by atoms with Crippen LogP contribution in [0.4, 0.5) is 0 Å². The highest BCUT2D eigenvalue weighted by Gasteiger charge is 2.10. The highest BCUT2D eigenvalue weighted by Crippen LogP contribution is 2.08. The highest BCUT2D eigenvalue weighted by molar-refractivity contribution is 5.90. The Labute approximate surface area is 76.2 Å². The molecule has 0 bridgehead atoms. The van der Waals surface area contributed by atoms with Gasteiger partial charge >= 0.3 is 5.97 Å². The van der Waals surface area contributed by atoms with Crippen molar-refractivity contribution >= 4 is 5.97 Å². The third-order valence-corrected chi connectivity index (χ3v) is 1.57. The van der Waals surface area contributed by atoms with Gasteiger partial charge in [-0.3, -0.25) is 4.98 Å². The largest absolute Gasteiger partial charge is 0.462 e. The summed E-state index contributed by atoms with van der Waals surface area (Å²) in [7, 11) is 0. The Morgan fingerprint density at radius 3 is 3.08 bits per heavy atom. The van der Waals surface area contributed by atoms with Gasteiger partial charge < -0.3 is 9.84 Å². The van der Waals surface area contributed by atoms with Crippen LogP contribution in [-0.4, -0.2) is 22.7 Å². The molecule has 4 heteroatoms. The first-order valence-electron chi connectivity index (χ1n) is 4.00. The Bertz CT molecular complexity index is 299. The average molecular weight is 181 g/mol. The quantitative estimate of drug-likeness (QED) is 0.699. The molecule has 0 aromatic carbocycles. The van der Waals surface area contributed by atoms with Crippen LogP contribution in [0, 0.1) is 0 Å². The lowest BCUT2D eigenvalue weighted by atomic mass is 10.1. The topological polar surface area (TPSA) is 59.4 Å². The SMILES string of the molecule is CCOC(=O)c1ccncc1CO. The number of carbonyl (C=O) groups is 1. The molecule has 0 aliphatic rings. The Kier molecular flexibility index (Phi) is 3.40. The minimum atomic E-state index is -0.422. The van der Waals surface area contributed by atoms with Crippen LogP contribution in [0.2, 0.25) is 0 Å². The van der Waals surface area contributed by atoms with Gasteiger partial charge in [0.2, 0.25) is 0 Å². The summed E-state index contributed by atoms with van der Waals surface area (Å²) in [4.78, 5) is 15.1. The number of hydrogen-bond acceptors (Lipinski definition) is 4. The van der Waals surface area contributed by atoms with Crippen molar-refractivity contribution in [2.45, 2.75) is 13.5 Å². The predicted molar refractivity (Wildman–Crippen MR) is 46.1 cm³/mol. The fraction of sp³-hybridized carbons (Fsp3) is 0.333. The molecule has 1 N–H and O–H groups in total. The maximum atomic E-state index is 11.3. The second kappa shape index (κ2) is 4.57. The first kappa shape index (κ1) is 9.67. The first-order chi connectivity index (χ1) is 6.29. The van der Waals surface area contributed by atoms with Gasteiger partial charge in [0.05, 0.1) is 18.8 Å². The lowest BCUT2D eigenvalue weighted by Gasteiger charge is -2.04. The number of aromatic nitrogens is 1. The predicted octanol–water partition coefficient (Wildman–Crippen LogP) is 0.751. The summed E-state index contributed by atoms with van der Waals surface area (Å²) in [6.45, 7) is 1.85. The van der Waals surface area contributed by atoms with Crippen LogP contribution < -0.4 is 0 Å². The molecule has 0 saturated heterocycles. The highest BCUT2D eigenvalue weighted by atomic mass is 16.5. The van der Waals surface area contributed by atoms with E-state index in [-0.39, 0.29) is 6.61 Å².